The lowest BCUT2D eigenvalue weighted by atomic mass is 10.2. The fourth-order valence-corrected chi connectivity index (χ4v) is 1.94. The normalized spacial score (nSPS) is 11.8. The van der Waals surface area contributed by atoms with Gasteiger partial charge in [-0.2, -0.15) is 0 Å². The van der Waals surface area contributed by atoms with Crippen molar-refractivity contribution in [3.63, 3.8) is 0 Å². The molecule has 0 rings (SSSR count). The summed E-state index contributed by atoms with van der Waals surface area (Å²) < 4.78 is 0. The molecule has 0 saturated carbocycles. The van der Waals surface area contributed by atoms with E-state index in [-0.39, 0.29) is 31.1 Å². The number of aliphatic carboxylic acids is 1. The number of carbonyl (C=O) groups is 3. The van der Waals surface area contributed by atoms with Gasteiger partial charge in [0.2, 0.25) is 11.8 Å². The Hall–Kier alpha value is -1.59. The number of hydrogen-bond donors (Lipinski definition) is 2. The monoisotopic (exact) mass is 286 g/mol. The standard InChI is InChI=1S/C14H26N2O4/c1-4-8-16(9-5-2)13(18)7-6-12(17)15-11(3)10-14(19)20/h11H,4-10H2,1-3H3,(H,15,17)(H,19,20). The van der Waals surface area contributed by atoms with Gasteiger partial charge in [0.25, 0.3) is 0 Å². The van der Waals surface area contributed by atoms with Gasteiger partial charge >= 0.3 is 5.97 Å². The van der Waals surface area contributed by atoms with Gasteiger partial charge in [0.05, 0.1) is 6.42 Å². The van der Waals surface area contributed by atoms with Gasteiger partial charge in [0, 0.05) is 32.0 Å². The van der Waals surface area contributed by atoms with Crippen molar-refractivity contribution >= 4 is 17.8 Å². The molecule has 20 heavy (non-hydrogen) atoms. The number of rotatable bonds is 10. The van der Waals surface area contributed by atoms with E-state index in [1.807, 2.05) is 13.8 Å². The Morgan fingerprint density at radius 3 is 2.10 bits per heavy atom. The van der Waals surface area contributed by atoms with E-state index in [1.165, 1.54) is 0 Å². The SMILES string of the molecule is CCCN(CCC)C(=O)CCC(=O)NC(C)CC(=O)O. The maximum Gasteiger partial charge on any atom is 0.305 e. The van der Waals surface area contributed by atoms with Crippen LogP contribution in [-0.4, -0.2) is 46.9 Å². The molecule has 0 fully saturated rings. The van der Waals surface area contributed by atoms with Crippen molar-refractivity contribution in [1.29, 1.82) is 0 Å². The first-order valence-electron chi connectivity index (χ1n) is 7.19. The van der Waals surface area contributed by atoms with Crippen LogP contribution in [0.15, 0.2) is 0 Å². The number of carbonyl (C=O) groups excluding carboxylic acids is 2. The highest BCUT2D eigenvalue weighted by Crippen LogP contribution is 2.02. The van der Waals surface area contributed by atoms with Gasteiger partial charge in [-0.3, -0.25) is 14.4 Å². The summed E-state index contributed by atoms with van der Waals surface area (Å²) in [5.74, 6) is -1.25. The van der Waals surface area contributed by atoms with Crippen molar-refractivity contribution in [2.24, 2.45) is 0 Å². The van der Waals surface area contributed by atoms with Crippen molar-refractivity contribution in [3.05, 3.63) is 0 Å². The number of nitrogens with one attached hydrogen (secondary N) is 1. The lowest BCUT2D eigenvalue weighted by Gasteiger charge is -2.21. The molecule has 0 aliphatic heterocycles. The zero-order valence-electron chi connectivity index (χ0n) is 12.6. The summed E-state index contributed by atoms with van der Waals surface area (Å²) in [6, 6.07) is -0.419. The minimum absolute atomic E-state index is 0.0188. The van der Waals surface area contributed by atoms with Crippen LogP contribution in [0.4, 0.5) is 0 Å². The number of amides is 2. The fourth-order valence-electron chi connectivity index (χ4n) is 1.94. The van der Waals surface area contributed by atoms with Gasteiger partial charge in [-0.1, -0.05) is 13.8 Å². The lowest BCUT2D eigenvalue weighted by Crippen LogP contribution is -2.36. The van der Waals surface area contributed by atoms with Crippen LogP contribution in [0.2, 0.25) is 0 Å². The number of carboxylic acid groups (broad SMARTS) is 1. The Labute approximate surface area is 120 Å². The average Bonchev–Trinajstić information content (AvgIpc) is 2.34. The maximum absolute atomic E-state index is 11.9. The van der Waals surface area contributed by atoms with Crippen LogP contribution in [0.1, 0.15) is 52.9 Å². The van der Waals surface area contributed by atoms with E-state index in [9.17, 15) is 14.4 Å². The maximum atomic E-state index is 11.9. The largest absolute Gasteiger partial charge is 0.481 e. The molecule has 1 unspecified atom stereocenters. The molecule has 0 aromatic carbocycles. The highest BCUT2D eigenvalue weighted by Gasteiger charge is 2.15. The molecule has 6 nitrogen and oxygen atoms in total. The zero-order valence-corrected chi connectivity index (χ0v) is 12.6. The summed E-state index contributed by atoms with van der Waals surface area (Å²) in [6.07, 6.45) is 1.96. The average molecular weight is 286 g/mol. The second-order valence-electron chi connectivity index (χ2n) is 4.95. The van der Waals surface area contributed by atoms with Crippen molar-refractivity contribution < 1.29 is 19.5 Å². The first-order valence-corrected chi connectivity index (χ1v) is 7.19. The van der Waals surface area contributed by atoms with Gasteiger partial charge in [0.1, 0.15) is 0 Å². The van der Waals surface area contributed by atoms with Gasteiger partial charge < -0.3 is 15.3 Å². The molecule has 6 heteroatoms. The molecule has 0 radical (unpaired) electrons. The molecule has 0 aromatic rings. The van der Waals surface area contributed by atoms with Gasteiger partial charge in [-0.15, -0.1) is 0 Å². The second kappa shape index (κ2) is 10.2. The van der Waals surface area contributed by atoms with Crippen LogP contribution in [0.3, 0.4) is 0 Å². The molecule has 0 bridgehead atoms. The van der Waals surface area contributed by atoms with Crippen LogP contribution in [0.25, 0.3) is 0 Å². The molecule has 116 valence electrons. The molecular formula is C14H26N2O4. The van der Waals surface area contributed by atoms with E-state index < -0.39 is 12.0 Å². The summed E-state index contributed by atoms with van der Waals surface area (Å²) in [4.78, 5) is 35.8. The quantitative estimate of drug-likeness (QED) is 0.635. The molecule has 0 heterocycles. The minimum atomic E-state index is -0.953. The van der Waals surface area contributed by atoms with E-state index in [2.05, 4.69) is 5.32 Å². The molecule has 2 amide bonds. The van der Waals surface area contributed by atoms with Crippen LogP contribution in [0, 0.1) is 0 Å². The second-order valence-corrected chi connectivity index (χ2v) is 4.95. The first kappa shape index (κ1) is 18.4. The molecule has 0 aliphatic rings. The molecule has 2 N–H and O–H groups in total. The molecule has 1 atom stereocenters. The topological polar surface area (TPSA) is 86.7 Å². The third kappa shape index (κ3) is 8.50. The van der Waals surface area contributed by atoms with Crippen LogP contribution in [-0.2, 0) is 14.4 Å². The van der Waals surface area contributed by atoms with Crippen LogP contribution in [0.5, 0.6) is 0 Å². The smallest absolute Gasteiger partial charge is 0.305 e. The number of hydrogen-bond acceptors (Lipinski definition) is 3. The summed E-state index contributed by atoms with van der Waals surface area (Å²) in [6.45, 7) is 7.08. The Bertz CT molecular complexity index is 325. The van der Waals surface area contributed by atoms with Crippen molar-refractivity contribution in [1.82, 2.24) is 10.2 Å². The predicted octanol–water partition coefficient (Wildman–Crippen LogP) is 1.39. The molecule has 0 aliphatic carbocycles. The van der Waals surface area contributed by atoms with Crippen molar-refractivity contribution in [2.45, 2.75) is 58.9 Å². The number of carboxylic acids is 1. The van der Waals surface area contributed by atoms with E-state index in [1.54, 1.807) is 11.8 Å². The molecule has 0 aromatic heterocycles. The Morgan fingerprint density at radius 1 is 1.10 bits per heavy atom. The van der Waals surface area contributed by atoms with Crippen molar-refractivity contribution in [2.75, 3.05) is 13.1 Å². The van der Waals surface area contributed by atoms with Crippen LogP contribution >= 0.6 is 0 Å². The Morgan fingerprint density at radius 2 is 1.65 bits per heavy atom. The van der Waals surface area contributed by atoms with E-state index >= 15 is 0 Å². The first-order chi connectivity index (χ1) is 9.40. The van der Waals surface area contributed by atoms with E-state index in [0.29, 0.717) is 13.1 Å². The van der Waals surface area contributed by atoms with Gasteiger partial charge in [-0.25, -0.2) is 0 Å². The Kier molecular flexibility index (Phi) is 9.41. The fraction of sp³-hybridized carbons (Fsp3) is 0.786. The predicted molar refractivity (Wildman–Crippen MR) is 76.3 cm³/mol. The van der Waals surface area contributed by atoms with Gasteiger partial charge in [-0.05, 0) is 19.8 Å². The lowest BCUT2D eigenvalue weighted by molar-refractivity contribution is -0.138. The van der Waals surface area contributed by atoms with E-state index in [4.69, 9.17) is 5.11 Å². The summed E-state index contributed by atoms with van der Waals surface area (Å²) in [7, 11) is 0. The summed E-state index contributed by atoms with van der Waals surface area (Å²) >= 11 is 0. The highest BCUT2D eigenvalue weighted by molar-refractivity contribution is 5.84. The van der Waals surface area contributed by atoms with Crippen LogP contribution < -0.4 is 5.32 Å². The van der Waals surface area contributed by atoms with Gasteiger partial charge in [0.15, 0.2) is 0 Å². The molecular weight excluding hydrogens is 260 g/mol. The molecule has 0 saturated heterocycles. The summed E-state index contributed by atoms with van der Waals surface area (Å²) in [5.41, 5.74) is 0. The highest BCUT2D eigenvalue weighted by atomic mass is 16.4. The van der Waals surface area contributed by atoms with Crippen molar-refractivity contribution in [3.8, 4) is 0 Å². The zero-order chi connectivity index (χ0) is 15.5. The third-order valence-corrected chi connectivity index (χ3v) is 2.79. The minimum Gasteiger partial charge on any atom is -0.481 e. The number of nitrogens with zero attached hydrogens (tertiary/aromatic N) is 1. The third-order valence-electron chi connectivity index (χ3n) is 2.79. The molecule has 0 spiro atoms. The van der Waals surface area contributed by atoms with E-state index in [0.717, 1.165) is 12.8 Å². The Balaban J connectivity index is 4.08. The summed E-state index contributed by atoms with van der Waals surface area (Å²) in [5, 5.41) is 11.2.